The van der Waals surface area contributed by atoms with E-state index in [1.807, 2.05) is 0 Å². The van der Waals surface area contributed by atoms with Gasteiger partial charge in [-0.1, -0.05) is 6.92 Å². The molecule has 0 aromatic rings. The van der Waals surface area contributed by atoms with E-state index in [9.17, 15) is 0 Å². The van der Waals surface area contributed by atoms with Gasteiger partial charge >= 0.3 is 0 Å². The predicted octanol–water partition coefficient (Wildman–Crippen LogP) is 2.64. The summed E-state index contributed by atoms with van der Waals surface area (Å²) >= 11 is 0. The van der Waals surface area contributed by atoms with Crippen molar-refractivity contribution in [1.82, 2.24) is 10.2 Å². The van der Waals surface area contributed by atoms with Gasteiger partial charge in [0.2, 0.25) is 0 Å². The molecule has 94 valence electrons. The number of nitrogens with one attached hydrogen (secondary N) is 1. The topological polar surface area (TPSA) is 15.3 Å². The Bertz CT molecular complexity index is 211. The van der Waals surface area contributed by atoms with Gasteiger partial charge in [-0.3, -0.25) is 4.90 Å². The Morgan fingerprint density at radius 1 is 1.19 bits per heavy atom. The van der Waals surface area contributed by atoms with E-state index in [0.717, 1.165) is 12.0 Å². The lowest BCUT2D eigenvalue weighted by Crippen LogP contribution is -2.49. The molecule has 0 saturated carbocycles. The number of rotatable bonds is 3. The molecule has 2 aliphatic rings. The van der Waals surface area contributed by atoms with E-state index in [1.54, 1.807) is 0 Å². The average molecular weight is 224 g/mol. The zero-order valence-corrected chi connectivity index (χ0v) is 11.3. The van der Waals surface area contributed by atoms with E-state index < -0.39 is 0 Å². The highest BCUT2D eigenvalue weighted by Gasteiger charge is 2.32. The number of likely N-dealkylation sites (tertiary alicyclic amines) is 1. The number of nitrogens with zero attached hydrogens (tertiary/aromatic N) is 1. The van der Waals surface area contributed by atoms with E-state index in [1.165, 1.54) is 51.7 Å². The minimum atomic E-state index is 0.411. The molecule has 2 rings (SSSR count). The molecule has 2 saturated heterocycles. The van der Waals surface area contributed by atoms with E-state index >= 15 is 0 Å². The maximum atomic E-state index is 3.68. The van der Waals surface area contributed by atoms with E-state index in [0.29, 0.717) is 5.54 Å². The van der Waals surface area contributed by atoms with Crippen LogP contribution in [-0.2, 0) is 0 Å². The molecule has 0 bridgehead atoms. The van der Waals surface area contributed by atoms with Crippen LogP contribution in [0.1, 0.15) is 52.9 Å². The molecule has 2 nitrogen and oxygen atoms in total. The van der Waals surface area contributed by atoms with Crippen LogP contribution in [0.4, 0.5) is 0 Å². The number of piperidine rings is 1. The highest BCUT2D eigenvalue weighted by molar-refractivity contribution is 4.89. The minimum absolute atomic E-state index is 0.411. The molecular formula is C14H28N2. The van der Waals surface area contributed by atoms with Crippen molar-refractivity contribution in [3.8, 4) is 0 Å². The first-order valence-electron chi connectivity index (χ1n) is 7.12. The SMILES string of the molecule is CCC(C)(C)N1CCC(C2CCCN2)CC1. The molecule has 1 unspecified atom stereocenters. The summed E-state index contributed by atoms with van der Waals surface area (Å²) in [5.41, 5.74) is 0.411. The van der Waals surface area contributed by atoms with Gasteiger partial charge in [0.25, 0.3) is 0 Å². The summed E-state index contributed by atoms with van der Waals surface area (Å²) in [4.78, 5) is 2.69. The van der Waals surface area contributed by atoms with Crippen molar-refractivity contribution in [1.29, 1.82) is 0 Å². The second kappa shape index (κ2) is 5.05. The lowest BCUT2D eigenvalue weighted by molar-refractivity contribution is 0.0643. The first-order chi connectivity index (χ1) is 7.63. The first-order valence-corrected chi connectivity index (χ1v) is 7.12. The van der Waals surface area contributed by atoms with Crippen LogP contribution in [0.2, 0.25) is 0 Å². The molecule has 0 radical (unpaired) electrons. The largest absolute Gasteiger partial charge is 0.314 e. The normalized spacial score (nSPS) is 29.8. The van der Waals surface area contributed by atoms with Crippen LogP contribution in [-0.4, -0.2) is 36.1 Å². The zero-order chi connectivity index (χ0) is 11.6. The van der Waals surface area contributed by atoms with E-state index in [2.05, 4.69) is 31.0 Å². The quantitative estimate of drug-likeness (QED) is 0.793. The molecule has 2 heterocycles. The Morgan fingerprint density at radius 3 is 2.38 bits per heavy atom. The van der Waals surface area contributed by atoms with Gasteiger partial charge in [-0.15, -0.1) is 0 Å². The van der Waals surface area contributed by atoms with Crippen molar-refractivity contribution < 1.29 is 0 Å². The van der Waals surface area contributed by atoms with Crippen LogP contribution in [0.15, 0.2) is 0 Å². The standard InChI is InChI=1S/C14H28N2/c1-4-14(2,3)16-10-7-12(8-11-16)13-6-5-9-15-13/h12-13,15H,4-11H2,1-3H3. The van der Waals surface area contributed by atoms with Crippen LogP contribution in [0.3, 0.4) is 0 Å². The van der Waals surface area contributed by atoms with Gasteiger partial charge < -0.3 is 5.32 Å². The van der Waals surface area contributed by atoms with Gasteiger partial charge in [0.15, 0.2) is 0 Å². The third kappa shape index (κ3) is 2.60. The molecule has 0 aromatic heterocycles. The Balaban J connectivity index is 1.82. The lowest BCUT2D eigenvalue weighted by atomic mass is 9.86. The third-order valence-corrected chi connectivity index (χ3v) is 4.93. The second-order valence-corrected chi connectivity index (χ2v) is 6.19. The molecule has 2 aliphatic heterocycles. The first kappa shape index (κ1) is 12.4. The summed E-state index contributed by atoms with van der Waals surface area (Å²) in [6, 6.07) is 0.840. The van der Waals surface area contributed by atoms with Crippen LogP contribution < -0.4 is 5.32 Å². The predicted molar refractivity (Wildman–Crippen MR) is 69.7 cm³/mol. The molecule has 2 heteroatoms. The van der Waals surface area contributed by atoms with Crippen molar-refractivity contribution in [2.24, 2.45) is 5.92 Å². The second-order valence-electron chi connectivity index (χ2n) is 6.19. The Labute approximate surface area is 101 Å². The zero-order valence-electron chi connectivity index (χ0n) is 11.3. The molecule has 2 fully saturated rings. The van der Waals surface area contributed by atoms with Gasteiger partial charge in [-0.25, -0.2) is 0 Å². The summed E-state index contributed by atoms with van der Waals surface area (Å²) < 4.78 is 0. The summed E-state index contributed by atoms with van der Waals surface area (Å²) in [6.45, 7) is 11.0. The summed E-state index contributed by atoms with van der Waals surface area (Å²) in [5, 5.41) is 3.68. The monoisotopic (exact) mass is 224 g/mol. The highest BCUT2D eigenvalue weighted by Crippen LogP contribution is 2.30. The molecule has 0 spiro atoms. The smallest absolute Gasteiger partial charge is 0.0150 e. The fourth-order valence-corrected chi connectivity index (χ4v) is 3.24. The van der Waals surface area contributed by atoms with Gasteiger partial charge in [0, 0.05) is 11.6 Å². The fourth-order valence-electron chi connectivity index (χ4n) is 3.24. The molecule has 0 aromatic carbocycles. The molecule has 1 atom stereocenters. The molecule has 16 heavy (non-hydrogen) atoms. The molecular weight excluding hydrogens is 196 g/mol. The number of hydrogen-bond donors (Lipinski definition) is 1. The highest BCUT2D eigenvalue weighted by atomic mass is 15.2. The summed E-state index contributed by atoms with van der Waals surface area (Å²) in [6.07, 6.45) is 6.88. The van der Waals surface area contributed by atoms with Crippen LogP contribution in [0.5, 0.6) is 0 Å². The van der Waals surface area contributed by atoms with Crippen molar-refractivity contribution in [3.05, 3.63) is 0 Å². The van der Waals surface area contributed by atoms with Gasteiger partial charge in [0.1, 0.15) is 0 Å². The minimum Gasteiger partial charge on any atom is -0.314 e. The van der Waals surface area contributed by atoms with Gasteiger partial charge in [0.05, 0.1) is 0 Å². The maximum Gasteiger partial charge on any atom is 0.0150 e. The van der Waals surface area contributed by atoms with Crippen molar-refractivity contribution in [3.63, 3.8) is 0 Å². The van der Waals surface area contributed by atoms with Gasteiger partial charge in [-0.05, 0) is 71.5 Å². The fraction of sp³-hybridized carbons (Fsp3) is 1.00. The average Bonchev–Trinajstić information content (AvgIpc) is 2.83. The lowest BCUT2D eigenvalue weighted by Gasteiger charge is -2.43. The van der Waals surface area contributed by atoms with Gasteiger partial charge in [-0.2, -0.15) is 0 Å². The Morgan fingerprint density at radius 2 is 1.88 bits per heavy atom. The van der Waals surface area contributed by atoms with E-state index in [4.69, 9.17) is 0 Å². The van der Waals surface area contributed by atoms with Crippen LogP contribution >= 0.6 is 0 Å². The molecule has 1 N–H and O–H groups in total. The Hall–Kier alpha value is -0.0800. The summed E-state index contributed by atoms with van der Waals surface area (Å²) in [7, 11) is 0. The van der Waals surface area contributed by atoms with Crippen LogP contribution in [0.25, 0.3) is 0 Å². The summed E-state index contributed by atoms with van der Waals surface area (Å²) in [5.74, 6) is 0.950. The van der Waals surface area contributed by atoms with Crippen LogP contribution in [0, 0.1) is 5.92 Å². The van der Waals surface area contributed by atoms with E-state index in [-0.39, 0.29) is 0 Å². The molecule has 0 aliphatic carbocycles. The van der Waals surface area contributed by atoms with Crippen molar-refractivity contribution in [2.45, 2.75) is 64.5 Å². The molecule has 0 amide bonds. The Kier molecular flexibility index (Phi) is 3.91. The van der Waals surface area contributed by atoms with Crippen molar-refractivity contribution in [2.75, 3.05) is 19.6 Å². The maximum absolute atomic E-state index is 3.68. The third-order valence-electron chi connectivity index (χ3n) is 4.93. The number of hydrogen-bond acceptors (Lipinski definition) is 2. The van der Waals surface area contributed by atoms with Crippen molar-refractivity contribution >= 4 is 0 Å².